The number of aromatic nitrogens is 1. The Kier molecular flexibility index (Phi) is 4.39. The summed E-state index contributed by atoms with van der Waals surface area (Å²) in [5.41, 5.74) is 5.94. The first-order chi connectivity index (χ1) is 11.3. The summed E-state index contributed by atoms with van der Waals surface area (Å²) in [6.07, 6.45) is 6.30. The summed E-state index contributed by atoms with van der Waals surface area (Å²) in [7, 11) is -3.21. The van der Waals surface area contributed by atoms with E-state index in [1.54, 1.807) is 12.4 Å². The van der Waals surface area contributed by atoms with E-state index in [0.29, 0.717) is 0 Å². The van der Waals surface area contributed by atoms with Crippen molar-refractivity contribution in [3.8, 4) is 0 Å². The second kappa shape index (κ2) is 6.34. The second-order valence-electron chi connectivity index (χ2n) is 6.09. The summed E-state index contributed by atoms with van der Waals surface area (Å²) < 4.78 is 25.6. The lowest BCUT2D eigenvalue weighted by molar-refractivity contribution is 0.560. The average molecular weight is 340 g/mol. The minimum Gasteiger partial charge on any atom is -0.265 e. The fourth-order valence-electron chi connectivity index (χ4n) is 3.09. The van der Waals surface area contributed by atoms with Crippen LogP contribution in [-0.4, -0.2) is 19.7 Å². The van der Waals surface area contributed by atoms with Crippen molar-refractivity contribution in [1.29, 1.82) is 0 Å². The number of aryl methyl sites for hydroxylation is 1. The summed E-state index contributed by atoms with van der Waals surface area (Å²) >= 11 is 0. The third kappa shape index (κ3) is 3.47. The summed E-state index contributed by atoms with van der Waals surface area (Å²) in [4.78, 5) is 4.02. The molecule has 1 N–H and O–H groups in total. The van der Waals surface area contributed by atoms with Crippen LogP contribution in [0.4, 0.5) is 0 Å². The highest BCUT2D eigenvalue weighted by Crippen LogP contribution is 2.35. The number of benzene rings is 1. The first-order valence-corrected chi connectivity index (χ1v) is 9.63. The van der Waals surface area contributed by atoms with Gasteiger partial charge in [-0.15, -0.1) is 0 Å². The van der Waals surface area contributed by atoms with E-state index < -0.39 is 10.0 Å². The van der Waals surface area contributed by atoms with Gasteiger partial charge in [-0.2, -0.15) is 0 Å². The average Bonchev–Trinajstić information content (AvgIpc) is 2.94. The maximum atomic E-state index is 11.5. The minimum absolute atomic E-state index is 0.138. The Labute approximate surface area is 143 Å². The van der Waals surface area contributed by atoms with Crippen molar-refractivity contribution in [2.75, 3.05) is 6.26 Å². The molecule has 4 nitrogen and oxygen atoms in total. The molecule has 0 fully saturated rings. The molecular formula is C19H20N2O2S. The molecule has 2 aromatic rings. The van der Waals surface area contributed by atoms with Crippen LogP contribution in [0, 0.1) is 0 Å². The molecule has 1 atom stereocenters. The van der Waals surface area contributed by atoms with Crippen LogP contribution in [0.15, 0.2) is 55.9 Å². The number of allylic oxidation sites excluding steroid dienone is 2. The quantitative estimate of drug-likeness (QED) is 0.849. The molecule has 0 aliphatic heterocycles. The van der Waals surface area contributed by atoms with Gasteiger partial charge in [0.05, 0.1) is 6.26 Å². The van der Waals surface area contributed by atoms with Crippen LogP contribution in [-0.2, 0) is 16.4 Å². The predicted octanol–water partition coefficient (Wildman–Crippen LogP) is 3.34. The number of fused-ring (bicyclic) bond motifs is 1. The Balaban J connectivity index is 1.85. The first-order valence-electron chi connectivity index (χ1n) is 7.74. The molecule has 1 heterocycles. The van der Waals surface area contributed by atoms with Gasteiger partial charge in [0.25, 0.3) is 0 Å². The summed E-state index contributed by atoms with van der Waals surface area (Å²) in [5, 5.41) is 0. The normalized spacial score (nSPS) is 16.6. The molecule has 5 heteroatoms. The number of hydrogen-bond acceptors (Lipinski definition) is 3. The summed E-state index contributed by atoms with van der Waals surface area (Å²) in [6, 6.07) is 9.75. The van der Waals surface area contributed by atoms with Crippen LogP contribution >= 0.6 is 0 Å². The molecule has 0 saturated carbocycles. The first kappa shape index (κ1) is 16.6. The maximum Gasteiger partial charge on any atom is 0.209 e. The highest BCUT2D eigenvalue weighted by Gasteiger charge is 2.25. The van der Waals surface area contributed by atoms with E-state index in [-0.39, 0.29) is 6.04 Å². The number of hydrogen-bond donors (Lipinski definition) is 1. The van der Waals surface area contributed by atoms with Gasteiger partial charge in [-0.3, -0.25) is 4.98 Å². The number of nitrogens with zero attached hydrogens (tertiary/aromatic N) is 1. The van der Waals surface area contributed by atoms with Crippen LogP contribution in [0.3, 0.4) is 0 Å². The Morgan fingerprint density at radius 3 is 2.46 bits per heavy atom. The SMILES string of the molecule is C=C(C(=C)c1ccc2c(c1)CCC2NS(C)(=O)=O)c1ccncc1. The lowest BCUT2D eigenvalue weighted by atomic mass is 9.93. The van der Waals surface area contributed by atoms with Gasteiger partial charge >= 0.3 is 0 Å². The summed E-state index contributed by atoms with van der Waals surface area (Å²) in [5.74, 6) is 0. The molecule has 124 valence electrons. The topological polar surface area (TPSA) is 59.1 Å². The van der Waals surface area contributed by atoms with Crippen LogP contribution in [0.2, 0.25) is 0 Å². The van der Waals surface area contributed by atoms with Crippen molar-refractivity contribution in [3.05, 3.63) is 78.1 Å². The van der Waals surface area contributed by atoms with Gasteiger partial charge in [-0.1, -0.05) is 31.4 Å². The lowest BCUT2D eigenvalue weighted by Crippen LogP contribution is -2.25. The Hall–Kier alpha value is -2.24. The third-order valence-corrected chi connectivity index (χ3v) is 5.03. The van der Waals surface area contributed by atoms with E-state index in [4.69, 9.17) is 0 Å². The van der Waals surface area contributed by atoms with Crippen molar-refractivity contribution in [2.24, 2.45) is 0 Å². The zero-order valence-corrected chi connectivity index (χ0v) is 14.4. The van der Waals surface area contributed by atoms with E-state index in [1.807, 2.05) is 24.3 Å². The van der Waals surface area contributed by atoms with Crippen LogP contribution in [0.25, 0.3) is 11.1 Å². The molecule has 1 aromatic carbocycles. The van der Waals surface area contributed by atoms with Crippen LogP contribution in [0.5, 0.6) is 0 Å². The Bertz CT molecular complexity index is 902. The number of pyridine rings is 1. The van der Waals surface area contributed by atoms with Crippen molar-refractivity contribution >= 4 is 21.2 Å². The van der Waals surface area contributed by atoms with Crippen LogP contribution in [0.1, 0.15) is 34.7 Å². The van der Waals surface area contributed by atoms with Crippen molar-refractivity contribution in [1.82, 2.24) is 9.71 Å². The van der Waals surface area contributed by atoms with Gasteiger partial charge in [0.1, 0.15) is 0 Å². The number of sulfonamides is 1. The minimum atomic E-state index is -3.21. The van der Waals surface area contributed by atoms with Gasteiger partial charge in [0.2, 0.25) is 10.0 Å². The number of rotatable bonds is 5. The fourth-order valence-corrected chi connectivity index (χ4v) is 3.85. The fraction of sp³-hybridized carbons (Fsp3) is 0.211. The zero-order chi connectivity index (χ0) is 17.3. The second-order valence-corrected chi connectivity index (χ2v) is 7.87. The van der Waals surface area contributed by atoms with Gasteiger partial charge < -0.3 is 0 Å². The lowest BCUT2D eigenvalue weighted by Gasteiger charge is -2.14. The van der Waals surface area contributed by atoms with E-state index in [9.17, 15) is 8.42 Å². The predicted molar refractivity (Wildman–Crippen MR) is 97.8 cm³/mol. The van der Waals surface area contributed by atoms with Crippen LogP contribution < -0.4 is 4.72 Å². The molecule has 1 aliphatic carbocycles. The maximum absolute atomic E-state index is 11.5. The molecule has 0 saturated heterocycles. The van der Waals surface area contributed by atoms with Gasteiger partial charge in [-0.25, -0.2) is 13.1 Å². The molecule has 0 radical (unpaired) electrons. The molecule has 0 amide bonds. The van der Waals surface area contributed by atoms with Crippen molar-refractivity contribution < 1.29 is 8.42 Å². The Morgan fingerprint density at radius 2 is 1.79 bits per heavy atom. The molecule has 0 spiro atoms. The highest BCUT2D eigenvalue weighted by molar-refractivity contribution is 7.88. The van der Waals surface area contributed by atoms with E-state index in [1.165, 1.54) is 6.26 Å². The molecular weight excluding hydrogens is 320 g/mol. The molecule has 24 heavy (non-hydrogen) atoms. The molecule has 1 unspecified atom stereocenters. The Morgan fingerprint density at radius 1 is 1.12 bits per heavy atom. The van der Waals surface area contributed by atoms with Crippen molar-refractivity contribution in [2.45, 2.75) is 18.9 Å². The molecule has 0 bridgehead atoms. The zero-order valence-electron chi connectivity index (χ0n) is 13.6. The van der Waals surface area contributed by atoms with Gasteiger partial charge in [0.15, 0.2) is 0 Å². The highest BCUT2D eigenvalue weighted by atomic mass is 32.2. The molecule has 1 aliphatic rings. The molecule has 3 rings (SSSR count). The summed E-state index contributed by atoms with van der Waals surface area (Å²) in [6.45, 7) is 8.31. The van der Waals surface area contributed by atoms with E-state index in [0.717, 1.165) is 46.2 Å². The van der Waals surface area contributed by atoms with E-state index >= 15 is 0 Å². The van der Waals surface area contributed by atoms with Gasteiger partial charge in [0, 0.05) is 18.4 Å². The third-order valence-electron chi connectivity index (χ3n) is 4.32. The largest absolute Gasteiger partial charge is 0.265 e. The smallest absolute Gasteiger partial charge is 0.209 e. The standard InChI is InChI=1S/C19H20N2O2S/c1-13(15-8-10-20-11-9-15)14(2)16-4-6-18-17(12-16)5-7-19(18)21-24(3,22)23/h4,6,8-12,19,21H,1-2,5,7H2,3H3. The molecule has 1 aromatic heterocycles. The monoisotopic (exact) mass is 340 g/mol. The van der Waals surface area contributed by atoms with Gasteiger partial charge in [-0.05, 0) is 58.4 Å². The van der Waals surface area contributed by atoms with E-state index in [2.05, 4.69) is 28.9 Å². The van der Waals surface area contributed by atoms with Crippen molar-refractivity contribution in [3.63, 3.8) is 0 Å². The number of nitrogens with one attached hydrogen (secondary N) is 1.